The van der Waals surface area contributed by atoms with Gasteiger partial charge in [0.25, 0.3) is 0 Å². The molecule has 0 aromatic heterocycles. The normalized spacial score (nSPS) is 22.8. The van der Waals surface area contributed by atoms with Crippen molar-refractivity contribution in [2.24, 2.45) is 17.4 Å². The Labute approximate surface area is 89.8 Å². The first kappa shape index (κ1) is 12.0. The summed E-state index contributed by atoms with van der Waals surface area (Å²) in [6, 6.07) is 0.0449. The van der Waals surface area contributed by atoms with E-state index < -0.39 is 0 Å². The molecule has 0 saturated carbocycles. The van der Waals surface area contributed by atoms with Gasteiger partial charge in [0, 0.05) is 25.6 Å². The molecule has 0 radical (unpaired) electrons. The van der Waals surface area contributed by atoms with E-state index in [9.17, 15) is 9.59 Å². The average Bonchev–Trinajstić information content (AvgIpc) is 2.62. The van der Waals surface area contributed by atoms with Crippen LogP contribution in [0.2, 0.25) is 0 Å². The molecule has 0 bridgehead atoms. The molecule has 5 nitrogen and oxygen atoms in total. The minimum atomic E-state index is -0.308. The van der Waals surface area contributed by atoms with Crippen LogP contribution >= 0.6 is 0 Å². The van der Waals surface area contributed by atoms with E-state index in [0.29, 0.717) is 32.4 Å². The molecular weight excluding hydrogens is 194 g/mol. The molecule has 0 aromatic rings. The van der Waals surface area contributed by atoms with E-state index >= 15 is 0 Å². The second kappa shape index (κ2) is 5.11. The number of likely N-dealkylation sites (tertiary alicyclic amines) is 1. The fourth-order valence-electron chi connectivity index (χ4n) is 1.73. The molecule has 0 aliphatic carbocycles. The van der Waals surface area contributed by atoms with E-state index in [1.165, 1.54) is 0 Å². The first-order valence-electron chi connectivity index (χ1n) is 5.33. The molecule has 86 valence electrons. The molecule has 5 heteroatoms. The van der Waals surface area contributed by atoms with Gasteiger partial charge < -0.3 is 16.4 Å². The van der Waals surface area contributed by atoms with Crippen molar-refractivity contribution in [1.29, 1.82) is 0 Å². The molecule has 1 saturated heterocycles. The van der Waals surface area contributed by atoms with Gasteiger partial charge in [0.05, 0.1) is 5.92 Å². The van der Waals surface area contributed by atoms with E-state index in [4.69, 9.17) is 11.5 Å². The molecule has 2 atom stereocenters. The predicted molar refractivity (Wildman–Crippen MR) is 56.8 cm³/mol. The Hall–Kier alpha value is -1.10. The van der Waals surface area contributed by atoms with Gasteiger partial charge in [0.2, 0.25) is 11.8 Å². The second-order valence-electron chi connectivity index (χ2n) is 4.24. The standard InChI is InChI=1S/C10H19N3O2/c1-7(11)2-3-9(14)13-5-4-8(6-13)10(12)15/h7-8H,2-6,11H2,1H3,(H2,12,15). The van der Waals surface area contributed by atoms with Crippen molar-refractivity contribution in [3.05, 3.63) is 0 Å². The van der Waals surface area contributed by atoms with Crippen LogP contribution in [0.4, 0.5) is 0 Å². The topological polar surface area (TPSA) is 89.4 Å². The van der Waals surface area contributed by atoms with Gasteiger partial charge in [-0.25, -0.2) is 0 Å². The minimum Gasteiger partial charge on any atom is -0.369 e. The summed E-state index contributed by atoms with van der Waals surface area (Å²) >= 11 is 0. The largest absolute Gasteiger partial charge is 0.369 e. The highest BCUT2D eigenvalue weighted by molar-refractivity contribution is 5.81. The first-order valence-corrected chi connectivity index (χ1v) is 5.33. The number of carbonyl (C=O) groups is 2. The van der Waals surface area contributed by atoms with Gasteiger partial charge in [0.15, 0.2) is 0 Å². The third-order valence-electron chi connectivity index (χ3n) is 2.76. The lowest BCUT2D eigenvalue weighted by Gasteiger charge is -2.16. The van der Waals surface area contributed by atoms with Gasteiger partial charge in [-0.3, -0.25) is 9.59 Å². The van der Waals surface area contributed by atoms with Crippen molar-refractivity contribution in [3.63, 3.8) is 0 Å². The third-order valence-corrected chi connectivity index (χ3v) is 2.76. The summed E-state index contributed by atoms with van der Waals surface area (Å²) < 4.78 is 0. The first-order chi connectivity index (χ1) is 7.00. The van der Waals surface area contributed by atoms with Crippen LogP contribution in [-0.4, -0.2) is 35.8 Å². The molecule has 0 aromatic carbocycles. The maximum Gasteiger partial charge on any atom is 0.222 e. The number of hydrogen-bond donors (Lipinski definition) is 2. The maximum atomic E-state index is 11.6. The zero-order valence-electron chi connectivity index (χ0n) is 9.11. The number of amides is 2. The van der Waals surface area contributed by atoms with E-state index in [2.05, 4.69) is 0 Å². The van der Waals surface area contributed by atoms with Crippen LogP contribution in [-0.2, 0) is 9.59 Å². The Bertz CT molecular complexity index is 253. The predicted octanol–water partition coefficient (Wildman–Crippen LogP) is -0.552. The number of hydrogen-bond acceptors (Lipinski definition) is 3. The third kappa shape index (κ3) is 3.51. The average molecular weight is 213 g/mol. The molecule has 4 N–H and O–H groups in total. The Morgan fingerprint density at radius 1 is 1.53 bits per heavy atom. The molecule has 2 unspecified atom stereocenters. The fraction of sp³-hybridized carbons (Fsp3) is 0.800. The molecule has 1 rings (SSSR count). The number of rotatable bonds is 4. The van der Waals surface area contributed by atoms with Crippen LogP contribution in [0.15, 0.2) is 0 Å². The number of nitrogens with zero attached hydrogens (tertiary/aromatic N) is 1. The zero-order chi connectivity index (χ0) is 11.4. The van der Waals surface area contributed by atoms with Crippen LogP contribution in [0, 0.1) is 5.92 Å². The molecule has 2 amide bonds. The highest BCUT2D eigenvalue weighted by Crippen LogP contribution is 2.16. The summed E-state index contributed by atoms with van der Waals surface area (Å²) in [5, 5.41) is 0. The Morgan fingerprint density at radius 3 is 2.67 bits per heavy atom. The van der Waals surface area contributed by atoms with E-state index in [1.54, 1.807) is 4.90 Å². The fourth-order valence-corrected chi connectivity index (χ4v) is 1.73. The van der Waals surface area contributed by atoms with Crippen molar-refractivity contribution < 1.29 is 9.59 Å². The zero-order valence-corrected chi connectivity index (χ0v) is 9.11. The van der Waals surface area contributed by atoms with Crippen molar-refractivity contribution in [3.8, 4) is 0 Å². The van der Waals surface area contributed by atoms with Gasteiger partial charge >= 0.3 is 0 Å². The van der Waals surface area contributed by atoms with Gasteiger partial charge in [-0.05, 0) is 19.8 Å². The van der Waals surface area contributed by atoms with Crippen LogP contribution in [0.3, 0.4) is 0 Å². The smallest absolute Gasteiger partial charge is 0.222 e. The SMILES string of the molecule is CC(N)CCC(=O)N1CCC(C(N)=O)C1. The van der Waals surface area contributed by atoms with Crippen LogP contribution in [0.5, 0.6) is 0 Å². The highest BCUT2D eigenvalue weighted by Gasteiger charge is 2.29. The Balaban J connectivity index is 2.33. The van der Waals surface area contributed by atoms with Gasteiger partial charge in [-0.15, -0.1) is 0 Å². The van der Waals surface area contributed by atoms with Crippen LogP contribution < -0.4 is 11.5 Å². The van der Waals surface area contributed by atoms with Crippen molar-refractivity contribution in [2.45, 2.75) is 32.2 Å². The number of primary amides is 1. The Kier molecular flexibility index (Phi) is 4.08. The van der Waals surface area contributed by atoms with E-state index in [1.807, 2.05) is 6.92 Å². The minimum absolute atomic E-state index is 0.0449. The van der Waals surface area contributed by atoms with E-state index in [-0.39, 0.29) is 23.8 Å². The van der Waals surface area contributed by atoms with Gasteiger partial charge in [0.1, 0.15) is 0 Å². The lowest BCUT2D eigenvalue weighted by molar-refractivity contribution is -0.130. The number of nitrogens with two attached hydrogens (primary N) is 2. The van der Waals surface area contributed by atoms with Crippen LogP contribution in [0.25, 0.3) is 0 Å². The van der Waals surface area contributed by atoms with Crippen LogP contribution in [0.1, 0.15) is 26.2 Å². The molecule has 0 spiro atoms. The molecule has 1 aliphatic heterocycles. The summed E-state index contributed by atoms with van der Waals surface area (Å²) in [6.07, 6.45) is 1.85. The summed E-state index contributed by atoms with van der Waals surface area (Å²) in [7, 11) is 0. The van der Waals surface area contributed by atoms with Crippen molar-refractivity contribution >= 4 is 11.8 Å². The monoisotopic (exact) mass is 213 g/mol. The second-order valence-corrected chi connectivity index (χ2v) is 4.24. The summed E-state index contributed by atoms with van der Waals surface area (Å²) in [5.74, 6) is -0.391. The van der Waals surface area contributed by atoms with Gasteiger partial charge in [-0.2, -0.15) is 0 Å². The molecule has 1 fully saturated rings. The summed E-state index contributed by atoms with van der Waals surface area (Å²) in [5.41, 5.74) is 10.8. The molecular formula is C10H19N3O2. The van der Waals surface area contributed by atoms with Gasteiger partial charge in [-0.1, -0.05) is 0 Å². The summed E-state index contributed by atoms with van der Waals surface area (Å²) in [6.45, 7) is 3.00. The lowest BCUT2D eigenvalue weighted by atomic mass is 10.1. The molecule has 1 heterocycles. The maximum absolute atomic E-state index is 11.6. The number of carbonyl (C=O) groups excluding carboxylic acids is 2. The molecule has 15 heavy (non-hydrogen) atoms. The van der Waals surface area contributed by atoms with Crippen molar-refractivity contribution in [2.75, 3.05) is 13.1 Å². The molecule has 1 aliphatic rings. The van der Waals surface area contributed by atoms with Crippen molar-refractivity contribution in [1.82, 2.24) is 4.90 Å². The quantitative estimate of drug-likeness (QED) is 0.656. The lowest BCUT2D eigenvalue weighted by Crippen LogP contribution is -2.32. The summed E-state index contributed by atoms with van der Waals surface area (Å²) in [4.78, 5) is 24.2. The van der Waals surface area contributed by atoms with E-state index in [0.717, 1.165) is 0 Å². The highest BCUT2D eigenvalue weighted by atomic mass is 16.2. The Morgan fingerprint density at radius 2 is 2.20 bits per heavy atom.